The summed E-state index contributed by atoms with van der Waals surface area (Å²) in [6.45, 7) is 3.03. The third-order valence-corrected chi connectivity index (χ3v) is 4.56. The first-order valence-electron chi connectivity index (χ1n) is 7.23. The quantitative estimate of drug-likeness (QED) is 0.856. The van der Waals surface area contributed by atoms with E-state index in [0.717, 1.165) is 30.1 Å². The highest BCUT2D eigenvalue weighted by Crippen LogP contribution is 2.29. The number of benzene rings is 1. The van der Waals surface area contributed by atoms with Gasteiger partial charge in [0.2, 0.25) is 0 Å². The lowest BCUT2D eigenvalue weighted by Crippen LogP contribution is -2.30. The number of rotatable bonds is 5. The van der Waals surface area contributed by atoms with Crippen molar-refractivity contribution in [3.8, 4) is 11.5 Å². The van der Waals surface area contributed by atoms with Crippen LogP contribution in [0.25, 0.3) is 11.5 Å². The maximum atomic E-state index is 6.20. The lowest BCUT2D eigenvalue weighted by molar-refractivity contribution is 0.306. The number of aromatic nitrogens is 2. The lowest BCUT2D eigenvalue weighted by Gasteiger charge is -2.17. The van der Waals surface area contributed by atoms with Gasteiger partial charge in [-0.15, -0.1) is 11.8 Å². The zero-order valence-corrected chi connectivity index (χ0v) is 13.0. The van der Waals surface area contributed by atoms with Gasteiger partial charge in [0.15, 0.2) is 5.82 Å². The van der Waals surface area contributed by atoms with Gasteiger partial charge in [-0.05, 0) is 44.3 Å². The molecule has 1 aliphatic heterocycles. The maximum absolute atomic E-state index is 6.20. The molecule has 0 saturated carbocycles. The maximum Gasteiger partial charge on any atom is 0.259 e. The molecule has 1 aliphatic rings. The lowest BCUT2D eigenvalue weighted by atomic mass is 10.2. The first kappa shape index (κ1) is 14.6. The van der Waals surface area contributed by atoms with Gasteiger partial charge in [0, 0.05) is 11.4 Å². The van der Waals surface area contributed by atoms with Crippen molar-refractivity contribution in [2.75, 3.05) is 25.9 Å². The van der Waals surface area contributed by atoms with Gasteiger partial charge < -0.3 is 15.2 Å². The minimum absolute atomic E-state index is 0.193. The Morgan fingerprint density at radius 1 is 1.33 bits per heavy atom. The Labute approximate surface area is 128 Å². The Balaban J connectivity index is 1.76. The molecule has 21 heavy (non-hydrogen) atoms. The molecular formula is C15H20N4OS. The number of hydrogen-bond acceptors (Lipinski definition) is 6. The molecule has 1 saturated heterocycles. The fraction of sp³-hybridized carbons (Fsp3) is 0.467. The van der Waals surface area contributed by atoms with E-state index in [1.54, 1.807) is 11.8 Å². The van der Waals surface area contributed by atoms with Crippen LogP contribution in [-0.4, -0.2) is 40.9 Å². The highest BCUT2D eigenvalue weighted by Gasteiger charge is 2.21. The van der Waals surface area contributed by atoms with Crippen LogP contribution in [-0.2, 0) is 0 Å². The Bertz CT molecular complexity index is 595. The Morgan fingerprint density at radius 2 is 2.10 bits per heavy atom. The van der Waals surface area contributed by atoms with Crippen molar-refractivity contribution in [3.05, 3.63) is 30.1 Å². The van der Waals surface area contributed by atoms with Crippen LogP contribution in [0.1, 0.15) is 24.7 Å². The van der Waals surface area contributed by atoms with Crippen molar-refractivity contribution in [2.45, 2.75) is 23.8 Å². The normalized spacial score (nSPS) is 17.2. The summed E-state index contributed by atoms with van der Waals surface area (Å²) in [5, 5.41) is 4.06. The predicted molar refractivity (Wildman–Crippen MR) is 84.1 cm³/mol. The van der Waals surface area contributed by atoms with E-state index < -0.39 is 0 Å². The van der Waals surface area contributed by atoms with E-state index >= 15 is 0 Å². The summed E-state index contributed by atoms with van der Waals surface area (Å²) in [5.41, 5.74) is 7.17. The Morgan fingerprint density at radius 3 is 2.86 bits per heavy atom. The first-order chi connectivity index (χ1) is 10.3. The zero-order valence-electron chi connectivity index (χ0n) is 12.2. The summed E-state index contributed by atoms with van der Waals surface area (Å²) >= 11 is 1.67. The van der Waals surface area contributed by atoms with Crippen LogP contribution < -0.4 is 5.73 Å². The number of nitrogens with two attached hydrogens (primary N) is 1. The van der Waals surface area contributed by atoms with Crippen LogP contribution in [0.5, 0.6) is 0 Å². The second kappa shape index (κ2) is 6.60. The molecule has 0 amide bonds. The van der Waals surface area contributed by atoms with E-state index in [1.165, 1.54) is 12.8 Å². The number of nitrogens with zero attached hydrogens (tertiary/aromatic N) is 3. The van der Waals surface area contributed by atoms with Crippen LogP contribution in [0, 0.1) is 0 Å². The molecule has 0 radical (unpaired) electrons. The van der Waals surface area contributed by atoms with Crippen molar-refractivity contribution in [3.63, 3.8) is 0 Å². The van der Waals surface area contributed by atoms with Crippen LogP contribution in [0.15, 0.2) is 33.7 Å². The van der Waals surface area contributed by atoms with Crippen LogP contribution in [0.4, 0.5) is 0 Å². The molecular weight excluding hydrogens is 284 g/mol. The smallest absolute Gasteiger partial charge is 0.259 e. The summed E-state index contributed by atoms with van der Waals surface area (Å²) in [6, 6.07) is 7.83. The standard InChI is InChI=1S/C15H20N4OS/c1-21-13-7-3-2-6-11(13)15-17-14(18-20-15)12(16)10-19-8-4-5-9-19/h2-3,6-7,12H,4-5,8-10,16H2,1H3. The summed E-state index contributed by atoms with van der Waals surface area (Å²) in [5.74, 6) is 1.14. The molecule has 2 heterocycles. The second-order valence-electron chi connectivity index (χ2n) is 5.27. The molecule has 3 rings (SSSR count). The monoisotopic (exact) mass is 304 g/mol. The van der Waals surface area contributed by atoms with E-state index in [9.17, 15) is 0 Å². The van der Waals surface area contributed by atoms with Gasteiger partial charge in [0.1, 0.15) is 0 Å². The van der Waals surface area contributed by atoms with E-state index in [4.69, 9.17) is 10.3 Å². The average Bonchev–Trinajstić information content (AvgIpc) is 3.18. The molecule has 6 heteroatoms. The largest absolute Gasteiger partial charge is 0.334 e. The van der Waals surface area contributed by atoms with Crippen LogP contribution in [0.2, 0.25) is 0 Å². The molecule has 1 aromatic carbocycles. The molecule has 1 fully saturated rings. The molecule has 1 aromatic heterocycles. The zero-order chi connectivity index (χ0) is 14.7. The van der Waals surface area contributed by atoms with E-state index in [2.05, 4.69) is 15.0 Å². The number of hydrogen-bond donors (Lipinski definition) is 1. The van der Waals surface area contributed by atoms with E-state index in [-0.39, 0.29) is 6.04 Å². The van der Waals surface area contributed by atoms with Gasteiger partial charge >= 0.3 is 0 Å². The van der Waals surface area contributed by atoms with Gasteiger partial charge in [-0.25, -0.2) is 0 Å². The fourth-order valence-corrected chi connectivity index (χ4v) is 3.23. The van der Waals surface area contributed by atoms with Crippen molar-refractivity contribution in [1.82, 2.24) is 15.0 Å². The van der Waals surface area contributed by atoms with Gasteiger partial charge in [-0.2, -0.15) is 4.98 Å². The van der Waals surface area contributed by atoms with Crippen molar-refractivity contribution in [2.24, 2.45) is 5.73 Å². The number of likely N-dealkylation sites (tertiary alicyclic amines) is 1. The average molecular weight is 304 g/mol. The molecule has 1 unspecified atom stereocenters. The van der Waals surface area contributed by atoms with Crippen molar-refractivity contribution < 1.29 is 4.52 Å². The van der Waals surface area contributed by atoms with Crippen molar-refractivity contribution in [1.29, 1.82) is 0 Å². The summed E-state index contributed by atoms with van der Waals surface area (Å²) in [6.07, 6.45) is 4.55. The number of thioether (sulfide) groups is 1. The summed E-state index contributed by atoms with van der Waals surface area (Å²) in [7, 11) is 0. The molecule has 0 spiro atoms. The third-order valence-electron chi connectivity index (χ3n) is 3.76. The molecule has 2 aromatic rings. The fourth-order valence-electron chi connectivity index (χ4n) is 2.64. The summed E-state index contributed by atoms with van der Waals surface area (Å²) in [4.78, 5) is 7.97. The van der Waals surface area contributed by atoms with Crippen LogP contribution in [0.3, 0.4) is 0 Å². The highest BCUT2D eigenvalue weighted by molar-refractivity contribution is 7.98. The van der Waals surface area contributed by atoms with Gasteiger partial charge in [-0.3, -0.25) is 0 Å². The molecule has 112 valence electrons. The van der Waals surface area contributed by atoms with Crippen LogP contribution >= 0.6 is 11.8 Å². The first-order valence-corrected chi connectivity index (χ1v) is 8.45. The van der Waals surface area contributed by atoms with Gasteiger partial charge in [0.05, 0.1) is 11.6 Å². The van der Waals surface area contributed by atoms with Gasteiger partial charge in [0.25, 0.3) is 5.89 Å². The molecule has 1 atom stereocenters. The minimum Gasteiger partial charge on any atom is -0.334 e. The Kier molecular flexibility index (Phi) is 4.57. The van der Waals surface area contributed by atoms with Crippen molar-refractivity contribution >= 4 is 11.8 Å². The Hall–Kier alpha value is -1.37. The third kappa shape index (κ3) is 3.28. The van der Waals surface area contributed by atoms with E-state index in [1.807, 2.05) is 30.5 Å². The molecule has 5 nitrogen and oxygen atoms in total. The van der Waals surface area contributed by atoms with E-state index in [0.29, 0.717) is 11.7 Å². The SMILES string of the molecule is CSc1ccccc1-c1nc(C(N)CN2CCCC2)no1. The minimum atomic E-state index is -0.193. The second-order valence-corrected chi connectivity index (χ2v) is 6.12. The molecule has 2 N–H and O–H groups in total. The molecule has 0 bridgehead atoms. The predicted octanol–water partition coefficient (Wildman–Crippen LogP) is 2.55. The topological polar surface area (TPSA) is 68.2 Å². The summed E-state index contributed by atoms with van der Waals surface area (Å²) < 4.78 is 5.41. The molecule has 0 aliphatic carbocycles. The highest BCUT2D eigenvalue weighted by atomic mass is 32.2. The van der Waals surface area contributed by atoms with Gasteiger partial charge in [-0.1, -0.05) is 17.3 Å².